The maximum atomic E-state index is 10.3. The smallest absolute Gasteiger partial charge is 0.166 e. The van der Waals surface area contributed by atoms with E-state index < -0.39 is 8.07 Å². The quantitative estimate of drug-likeness (QED) is 0.263. The molecule has 9 nitrogen and oxygen atoms in total. The summed E-state index contributed by atoms with van der Waals surface area (Å²) in [7, 11) is 0.695. The lowest BCUT2D eigenvalue weighted by atomic mass is 9.93. The number of fused-ring (bicyclic) bond motifs is 7. The highest BCUT2D eigenvalue weighted by Gasteiger charge is 2.26. The highest BCUT2D eigenvalue weighted by atomic mass is 28.3. The molecule has 202 valence electrons. The van der Waals surface area contributed by atoms with E-state index in [9.17, 15) is 5.26 Å². The van der Waals surface area contributed by atoms with Gasteiger partial charge >= 0.3 is 0 Å². The summed E-state index contributed by atoms with van der Waals surface area (Å²) in [6.45, 7) is 11.8. The monoisotopic (exact) mass is 541 g/mol. The van der Waals surface area contributed by atoms with Gasteiger partial charge in [0, 0.05) is 62.2 Å². The third kappa shape index (κ3) is 5.33. The Kier molecular flexibility index (Phi) is 7.05. The van der Waals surface area contributed by atoms with Crippen LogP contribution in [-0.4, -0.2) is 39.2 Å². The van der Waals surface area contributed by atoms with Gasteiger partial charge in [0.25, 0.3) is 0 Å². The molecular formula is C29H35N7O2Si. The molecule has 4 aromatic rings. The lowest BCUT2D eigenvalue weighted by Crippen LogP contribution is -2.22. The van der Waals surface area contributed by atoms with Crippen LogP contribution in [0.15, 0.2) is 36.7 Å². The maximum Gasteiger partial charge on any atom is 0.166 e. The van der Waals surface area contributed by atoms with Crippen molar-refractivity contribution in [1.82, 2.24) is 24.5 Å². The van der Waals surface area contributed by atoms with Crippen LogP contribution in [0.3, 0.4) is 0 Å². The van der Waals surface area contributed by atoms with Crippen LogP contribution in [0.25, 0.3) is 22.4 Å². The summed E-state index contributed by atoms with van der Waals surface area (Å²) in [5, 5.41) is 19.8. The fraction of sp³-hybridized carbons (Fsp3) is 0.379. The lowest BCUT2D eigenvalue weighted by Gasteiger charge is -2.22. The van der Waals surface area contributed by atoms with Crippen LogP contribution in [0, 0.1) is 18.3 Å². The third-order valence-corrected chi connectivity index (χ3v) is 8.79. The van der Waals surface area contributed by atoms with Gasteiger partial charge in [-0.3, -0.25) is 4.68 Å². The summed E-state index contributed by atoms with van der Waals surface area (Å²) in [6.07, 6.45) is 3.73. The molecule has 2 bridgehead atoms. The second-order valence-electron chi connectivity index (χ2n) is 11.4. The molecule has 4 heterocycles. The lowest BCUT2D eigenvalue weighted by molar-refractivity contribution is 0.0777. The van der Waals surface area contributed by atoms with E-state index in [2.05, 4.69) is 60.9 Å². The Labute approximate surface area is 230 Å². The number of pyridine rings is 1. The largest absolute Gasteiger partial charge is 0.482 e. The Bertz CT molecular complexity index is 1580. The normalized spacial score (nSPS) is 14.7. The summed E-state index contributed by atoms with van der Waals surface area (Å²) in [4.78, 5) is 4.43. The minimum absolute atomic E-state index is 0.200. The van der Waals surface area contributed by atoms with Crippen molar-refractivity contribution in [1.29, 1.82) is 5.26 Å². The van der Waals surface area contributed by atoms with Crippen molar-refractivity contribution in [3.63, 3.8) is 0 Å². The van der Waals surface area contributed by atoms with Crippen LogP contribution >= 0.6 is 0 Å². The van der Waals surface area contributed by atoms with Crippen molar-refractivity contribution in [2.75, 3.05) is 12.3 Å². The van der Waals surface area contributed by atoms with Crippen LogP contribution in [0.2, 0.25) is 25.7 Å². The number of benzene rings is 1. The van der Waals surface area contributed by atoms with Gasteiger partial charge in [0.05, 0.1) is 17.6 Å². The molecule has 2 N–H and O–H groups in total. The highest BCUT2D eigenvalue weighted by molar-refractivity contribution is 6.76. The van der Waals surface area contributed by atoms with Crippen LogP contribution in [-0.2, 0) is 24.9 Å². The Hall–Kier alpha value is -3.94. The second-order valence-corrected chi connectivity index (χ2v) is 17.0. The first kappa shape index (κ1) is 26.7. The Morgan fingerprint density at radius 2 is 2.03 bits per heavy atom. The Morgan fingerprint density at radius 1 is 1.23 bits per heavy atom. The fourth-order valence-corrected chi connectivity index (χ4v) is 5.75. The molecule has 39 heavy (non-hydrogen) atoms. The van der Waals surface area contributed by atoms with E-state index >= 15 is 0 Å². The molecule has 0 radical (unpaired) electrons. The summed E-state index contributed by atoms with van der Waals surface area (Å²) in [6, 6.07) is 11.6. The van der Waals surface area contributed by atoms with Crippen LogP contribution in [0.4, 0.5) is 5.82 Å². The average Bonchev–Trinajstić information content (AvgIpc) is 3.41. The summed E-state index contributed by atoms with van der Waals surface area (Å²) < 4.78 is 16.0. The number of ether oxygens (including phenoxy) is 2. The van der Waals surface area contributed by atoms with Gasteiger partial charge in [-0.25, -0.2) is 9.67 Å². The maximum absolute atomic E-state index is 10.3. The van der Waals surface area contributed by atoms with Gasteiger partial charge in [0.1, 0.15) is 24.6 Å². The Morgan fingerprint density at radius 3 is 2.77 bits per heavy atom. The third-order valence-electron chi connectivity index (χ3n) is 7.09. The number of nitrogens with two attached hydrogens (primary N) is 1. The standard InChI is InChI=1S/C29H35N7O2Si/c1-18-7-8-22-23(11-18)19(2)38-26-13-20(15-32-29(26)31)27-24(12-21-16-33-35(3)28(21)22)34-36(25(27)14-30)17-37-9-10-39(4,5)6/h7-8,11,13,15-16,19H,9-10,12,17H2,1-6H3,(H2,31,32). The van der Waals surface area contributed by atoms with E-state index in [1.165, 1.54) is 0 Å². The molecule has 5 rings (SSSR count). The molecule has 0 fully saturated rings. The molecule has 0 aliphatic carbocycles. The number of nitriles is 1. The highest BCUT2D eigenvalue weighted by Crippen LogP contribution is 2.39. The van der Waals surface area contributed by atoms with Gasteiger partial charge in [-0.15, -0.1) is 0 Å². The first-order chi connectivity index (χ1) is 18.6. The number of aryl methyl sites for hydroxylation is 2. The van der Waals surface area contributed by atoms with E-state index in [-0.39, 0.29) is 12.8 Å². The molecule has 1 unspecified atom stereocenters. The van der Waals surface area contributed by atoms with Gasteiger partial charge in [0.2, 0.25) is 0 Å². The molecule has 1 aliphatic heterocycles. The van der Waals surface area contributed by atoms with E-state index in [1.54, 1.807) is 10.9 Å². The number of nitrogen functional groups attached to an aromatic ring is 1. The van der Waals surface area contributed by atoms with Gasteiger partial charge < -0.3 is 15.2 Å². The topological polar surface area (TPSA) is 117 Å². The molecule has 1 aromatic carbocycles. The number of aromatic nitrogens is 5. The molecule has 0 saturated carbocycles. The molecule has 1 aliphatic rings. The van der Waals surface area contributed by atoms with Crippen molar-refractivity contribution in [3.05, 3.63) is 64.7 Å². The van der Waals surface area contributed by atoms with Crippen molar-refractivity contribution in [2.45, 2.75) is 58.8 Å². The van der Waals surface area contributed by atoms with Gasteiger partial charge in [-0.1, -0.05) is 43.4 Å². The average molecular weight is 542 g/mol. The molecule has 0 spiro atoms. The van der Waals surface area contributed by atoms with Crippen molar-refractivity contribution in [2.24, 2.45) is 7.05 Å². The Balaban J connectivity index is 1.68. The predicted molar refractivity (Wildman–Crippen MR) is 154 cm³/mol. The minimum Gasteiger partial charge on any atom is -0.482 e. The van der Waals surface area contributed by atoms with Gasteiger partial charge in [-0.2, -0.15) is 15.5 Å². The van der Waals surface area contributed by atoms with Gasteiger partial charge in [0.15, 0.2) is 11.6 Å². The van der Waals surface area contributed by atoms with Crippen molar-refractivity contribution < 1.29 is 9.47 Å². The molecule has 3 aromatic heterocycles. The van der Waals surface area contributed by atoms with Crippen molar-refractivity contribution >= 4 is 13.9 Å². The molecular weight excluding hydrogens is 506 g/mol. The first-order valence-corrected chi connectivity index (χ1v) is 16.9. The van der Waals surface area contributed by atoms with Crippen LogP contribution in [0.1, 0.15) is 41.1 Å². The zero-order valence-corrected chi connectivity index (χ0v) is 24.4. The molecule has 0 amide bonds. The second kappa shape index (κ2) is 10.3. The molecule has 10 heteroatoms. The number of anilines is 1. The summed E-state index contributed by atoms with van der Waals surface area (Å²) >= 11 is 0. The first-order valence-electron chi connectivity index (χ1n) is 13.2. The van der Waals surface area contributed by atoms with Crippen molar-refractivity contribution in [3.8, 4) is 34.2 Å². The van der Waals surface area contributed by atoms with Crippen LogP contribution in [0.5, 0.6) is 5.75 Å². The van der Waals surface area contributed by atoms with E-state index in [4.69, 9.17) is 20.3 Å². The number of nitrogens with zero attached hydrogens (tertiary/aromatic N) is 6. The number of hydrogen-bond acceptors (Lipinski definition) is 7. The van der Waals surface area contributed by atoms with E-state index in [0.717, 1.165) is 45.2 Å². The molecule has 0 saturated heterocycles. The minimum atomic E-state index is -1.25. The zero-order valence-electron chi connectivity index (χ0n) is 23.4. The zero-order chi connectivity index (χ0) is 27.9. The summed E-state index contributed by atoms with van der Waals surface area (Å²) in [5.74, 6) is 0.757. The SMILES string of the molecule is Cc1ccc2c(c1)C(C)Oc1cc(cnc1N)-c1c(nn(COCC[Si](C)(C)C)c1C#N)Cc1cnn(C)c1-2. The van der Waals surface area contributed by atoms with Gasteiger partial charge in [-0.05, 0) is 26.0 Å². The van der Waals surface area contributed by atoms with E-state index in [1.807, 2.05) is 30.9 Å². The fourth-order valence-electron chi connectivity index (χ4n) is 4.99. The summed E-state index contributed by atoms with van der Waals surface area (Å²) in [5.41, 5.74) is 14.1. The van der Waals surface area contributed by atoms with Crippen LogP contribution < -0.4 is 10.5 Å². The molecule has 1 atom stereocenters. The predicted octanol–water partition coefficient (Wildman–Crippen LogP) is 5.46. The van der Waals surface area contributed by atoms with E-state index in [0.29, 0.717) is 35.9 Å². The number of rotatable bonds is 5. The number of hydrogen-bond donors (Lipinski definition) is 1.